The van der Waals surface area contributed by atoms with Crippen LogP contribution in [0.1, 0.15) is 21.7 Å². The van der Waals surface area contributed by atoms with Crippen molar-refractivity contribution < 1.29 is 18.3 Å². The van der Waals surface area contributed by atoms with Crippen LogP contribution in [0.4, 0.5) is 4.39 Å². The van der Waals surface area contributed by atoms with Crippen LogP contribution in [-0.2, 0) is 6.42 Å². The quantitative estimate of drug-likeness (QED) is 0.672. The van der Waals surface area contributed by atoms with Gasteiger partial charge in [-0.3, -0.25) is 4.79 Å². The normalized spacial score (nSPS) is 13.2. The molecule has 0 atom stereocenters. The number of furan rings is 1. The van der Waals surface area contributed by atoms with Crippen LogP contribution >= 0.6 is 0 Å². The van der Waals surface area contributed by atoms with Crippen LogP contribution in [0.2, 0.25) is 0 Å². The molecule has 1 aliphatic heterocycles. The lowest BCUT2D eigenvalue weighted by atomic mass is 10.0. The van der Waals surface area contributed by atoms with E-state index in [9.17, 15) is 9.18 Å². The Balaban J connectivity index is 1.75. The van der Waals surface area contributed by atoms with Crippen molar-refractivity contribution in [3.05, 3.63) is 65.2 Å². The highest BCUT2D eigenvalue weighted by Gasteiger charge is 2.18. The molecular formula is C17H11FO3. The van der Waals surface area contributed by atoms with Gasteiger partial charge in [0.05, 0.1) is 6.61 Å². The fraction of sp³-hybridized carbons (Fsp3) is 0.118. The summed E-state index contributed by atoms with van der Waals surface area (Å²) in [4.78, 5) is 12.5. The largest absolute Gasteiger partial charge is 0.493 e. The molecule has 0 unspecified atom stereocenters. The number of hydrogen-bond donors (Lipinski definition) is 0. The minimum atomic E-state index is -0.350. The van der Waals surface area contributed by atoms with E-state index in [1.807, 2.05) is 6.07 Å². The highest BCUT2D eigenvalue weighted by molar-refractivity contribution is 6.09. The molecule has 0 amide bonds. The van der Waals surface area contributed by atoms with Gasteiger partial charge >= 0.3 is 0 Å². The zero-order valence-electron chi connectivity index (χ0n) is 11.1. The molecule has 1 aliphatic rings. The van der Waals surface area contributed by atoms with Gasteiger partial charge in [0.2, 0.25) is 5.78 Å². The summed E-state index contributed by atoms with van der Waals surface area (Å²) in [5.41, 5.74) is 2.09. The SMILES string of the molecule is O=C(c1ccc2c(c1)CCO2)c1cc2cc(F)ccc2o1. The average Bonchev–Trinajstić information content (AvgIpc) is 3.11. The first-order chi connectivity index (χ1) is 10.2. The van der Waals surface area contributed by atoms with Crippen LogP contribution in [0.25, 0.3) is 11.0 Å². The van der Waals surface area contributed by atoms with Crippen LogP contribution in [0.3, 0.4) is 0 Å². The molecular weight excluding hydrogens is 271 g/mol. The summed E-state index contributed by atoms with van der Waals surface area (Å²) >= 11 is 0. The molecule has 3 nitrogen and oxygen atoms in total. The predicted octanol–water partition coefficient (Wildman–Crippen LogP) is 3.74. The van der Waals surface area contributed by atoms with E-state index in [0.29, 0.717) is 23.1 Å². The molecule has 4 rings (SSSR count). The molecule has 0 bridgehead atoms. The van der Waals surface area contributed by atoms with Gasteiger partial charge < -0.3 is 9.15 Å². The van der Waals surface area contributed by atoms with E-state index in [-0.39, 0.29) is 17.4 Å². The molecule has 21 heavy (non-hydrogen) atoms. The van der Waals surface area contributed by atoms with E-state index in [2.05, 4.69) is 0 Å². The van der Waals surface area contributed by atoms with Gasteiger partial charge in [-0.25, -0.2) is 4.39 Å². The number of benzene rings is 2. The highest BCUT2D eigenvalue weighted by atomic mass is 19.1. The molecule has 104 valence electrons. The lowest BCUT2D eigenvalue weighted by Crippen LogP contribution is -1.99. The Morgan fingerprint density at radius 2 is 2.00 bits per heavy atom. The van der Waals surface area contributed by atoms with Crippen molar-refractivity contribution in [2.24, 2.45) is 0 Å². The number of hydrogen-bond acceptors (Lipinski definition) is 3. The van der Waals surface area contributed by atoms with E-state index in [0.717, 1.165) is 17.7 Å². The van der Waals surface area contributed by atoms with Gasteiger partial charge in [0.25, 0.3) is 0 Å². The van der Waals surface area contributed by atoms with Gasteiger partial charge in [-0.15, -0.1) is 0 Å². The van der Waals surface area contributed by atoms with Crippen molar-refractivity contribution in [2.45, 2.75) is 6.42 Å². The lowest BCUT2D eigenvalue weighted by molar-refractivity contribution is 0.101. The van der Waals surface area contributed by atoms with Crippen molar-refractivity contribution in [2.75, 3.05) is 6.61 Å². The second-order valence-electron chi connectivity index (χ2n) is 5.04. The minimum absolute atomic E-state index is 0.207. The first-order valence-electron chi connectivity index (χ1n) is 6.70. The Labute approximate surface area is 119 Å². The van der Waals surface area contributed by atoms with Crippen LogP contribution in [-0.4, -0.2) is 12.4 Å². The Morgan fingerprint density at radius 3 is 2.90 bits per heavy atom. The molecule has 3 aromatic rings. The second kappa shape index (κ2) is 4.45. The van der Waals surface area contributed by atoms with Gasteiger partial charge in [-0.1, -0.05) is 0 Å². The Kier molecular flexibility index (Phi) is 2.57. The standard InChI is InChI=1S/C17H11FO3/c18-13-2-4-15-12(8-13)9-16(21-15)17(19)11-1-3-14-10(7-11)5-6-20-14/h1-4,7-9H,5-6H2. The monoisotopic (exact) mass is 282 g/mol. The highest BCUT2D eigenvalue weighted by Crippen LogP contribution is 2.28. The third-order valence-corrected chi connectivity index (χ3v) is 3.65. The maximum absolute atomic E-state index is 13.2. The Hall–Kier alpha value is -2.62. The van der Waals surface area contributed by atoms with Gasteiger partial charge in [0, 0.05) is 17.4 Å². The topological polar surface area (TPSA) is 39.4 Å². The van der Waals surface area contributed by atoms with Crippen molar-refractivity contribution in [1.29, 1.82) is 0 Å². The fourth-order valence-corrected chi connectivity index (χ4v) is 2.60. The smallest absolute Gasteiger partial charge is 0.228 e. The van der Waals surface area contributed by atoms with Crippen molar-refractivity contribution in [3.63, 3.8) is 0 Å². The summed E-state index contributed by atoms with van der Waals surface area (Å²) in [5, 5.41) is 0.586. The Bertz CT molecular complexity index is 864. The minimum Gasteiger partial charge on any atom is -0.493 e. The predicted molar refractivity (Wildman–Crippen MR) is 75.2 cm³/mol. The Morgan fingerprint density at radius 1 is 1.10 bits per heavy atom. The van der Waals surface area contributed by atoms with Gasteiger partial charge in [0.15, 0.2) is 5.76 Å². The number of carbonyl (C=O) groups excluding carboxylic acids is 1. The van der Waals surface area contributed by atoms with Crippen molar-refractivity contribution in [1.82, 2.24) is 0 Å². The number of halogens is 1. The van der Waals surface area contributed by atoms with Crippen LogP contribution < -0.4 is 4.74 Å². The summed E-state index contributed by atoms with van der Waals surface area (Å²) < 4.78 is 24.1. The fourth-order valence-electron chi connectivity index (χ4n) is 2.60. The first-order valence-corrected chi connectivity index (χ1v) is 6.70. The molecule has 0 saturated carbocycles. The lowest BCUT2D eigenvalue weighted by Gasteiger charge is -2.01. The molecule has 0 N–H and O–H groups in total. The van der Waals surface area contributed by atoms with E-state index < -0.39 is 0 Å². The van der Waals surface area contributed by atoms with E-state index in [1.54, 1.807) is 18.2 Å². The first kappa shape index (κ1) is 12.1. The average molecular weight is 282 g/mol. The zero-order valence-corrected chi connectivity index (χ0v) is 11.1. The second-order valence-corrected chi connectivity index (χ2v) is 5.04. The van der Waals surface area contributed by atoms with Crippen LogP contribution in [0, 0.1) is 5.82 Å². The number of rotatable bonds is 2. The van der Waals surface area contributed by atoms with Gasteiger partial charge in [-0.2, -0.15) is 0 Å². The van der Waals surface area contributed by atoms with Gasteiger partial charge in [0.1, 0.15) is 17.1 Å². The van der Waals surface area contributed by atoms with E-state index >= 15 is 0 Å². The number of carbonyl (C=O) groups is 1. The van der Waals surface area contributed by atoms with Crippen LogP contribution in [0.5, 0.6) is 5.75 Å². The summed E-state index contributed by atoms with van der Waals surface area (Å²) in [6.45, 7) is 0.650. The zero-order chi connectivity index (χ0) is 14.4. The molecule has 0 aliphatic carbocycles. The summed E-state index contributed by atoms with van der Waals surface area (Å²) in [7, 11) is 0. The van der Waals surface area contributed by atoms with Crippen molar-refractivity contribution in [3.8, 4) is 5.75 Å². The molecule has 0 saturated heterocycles. The summed E-state index contributed by atoms with van der Waals surface area (Å²) in [6, 6.07) is 11.1. The molecule has 4 heteroatoms. The number of ether oxygens (including phenoxy) is 1. The number of fused-ring (bicyclic) bond motifs is 2. The molecule has 2 aromatic carbocycles. The third kappa shape index (κ3) is 2.00. The number of ketones is 1. The maximum atomic E-state index is 13.2. The molecule has 0 fully saturated rings. The van der Waals surface area contributed by atoms with Gasteiger partial charge in [-0.05, 0) is 48.0 Å². The summed E-state index contributed by atoms with van der Waals surface area (Å²) in [6.07, 6.45) is 0.807. The molecule has 1 aromatic heterocycles. The van der Waals surface area contributed by atoms with Crippen LogP contribution in [0.15, 0.2) is 46.9 Å². The van der Waals surface area contributed by atoms with E-state index in [1.165, 1.54) is 18.2 Å². The maximum Gasteiger partial charge on any atom is 0.228 e. The molecule has 2 heterocycles. The molecule has 0 spiro atoms. The van der Waals surface area contributed by atoms with E-state index in [4.69, 9.17) is 9.15 Å². The van der Waals surface area contributed by atoms with Crippen molar-refractivity contribution >= 4 is 16.8 Å². The molecule has 0 radical (unpaired) electrons. The summed E-state index contributed by atoms with van der Waals surface area (Å²) in [5.74, 6) is 0.492. The third-order valence-electron chi connectivity index (χ3n) is 3.65.